The first-order valence-corrected chi connectivity index (χ1v) is 10.7. The van der Waals surface area contributed by atoms with E-state index < -0.39 is 6.04 Å². The number of carbonyl (C=O) groups excluding carboxylic acids is 2. The molecule has 1 aromatic heterocycles. The summed E-state index contributed by atoms with van der Waals surface area (Å²) in [5.74, 6) is -0.368. The summed E-state index contributed by atoms with van der Waals surface area (Å²) in [5, 5.41) is 7.83. The lowest BCUT2D eigenvalue weighted by Gasteiger charge is -2.21. The monoisotopic (exact) mass is 406 g/mol. The summed E-state index contributed by atoms with van der Waals surface area (Å²) in [6, 6.07) is 23.0. The van der Waals surface area contributed by atoms with Crippen LogP contribution in [0, 0.1) is 0 Å². The minimum absolute atomic E-state index is 0.0135. The van der Waals surface area contributed by atoms with Crippen LogP contribution in [-0.2, 0) is 17.6 Å². The van der Waals surface area contributed by atoms with Gasteiger partial charge in [-0.15, -0.1) is 11.3 Å². The molecule has 3 aromatic rings. The highest BCUT2D eigenvalue weighted by molar-refractivity contribution is 7.12. The quantitative estimate of drug-likeness (QED) is 0.559. The van der Waals surface area contributed by atoms with Crippen molar-refractivity contribution in [3.63, 3.8) is 0 Å². The molecule has 5 heteroatoms. The van der Waals surface area contributed by atoms with Crippen LogP contribution in [0.15, 0.2) is 78.2 Å². The minimum Gasteiger partial charge on any atom is -0.352 e. The second-order valence-corrected chi connectivity index (χ2v) is 8.07. The van der Waals surface area contributed by atoms with E-state index in [1.165, 1.54) is 16.9 Å². The van der Waals surface area contributed by atoms with Gasteiger partial charge in [0.15, 0.2) is 0 Å². The van der Waals surface area contributed by atoms with Crippen molar-refractivity contribution >= 4 is 23.2 Å². The summed E-state index contributed by atoms with van der Waals surface area (Å²) in [5.41, 5.74) is 2.26. The van der Waals surface area contributed by atoms with Gasteiger partial charge in [-0.05, 0) is 42.3 Å². The van der Waals surface area contributed by atoms with E-state index in [1.54, 1.807) is 6.07 Å². The molecule has 3 rings (SSSR count). The van der Waals surface area contributed by atoms with Crippen LogP contribution in [0.4, 0.5) is 0 Å². The first-order chi connectivity index (χ1) is 14.1. The maximum atomic E-state index is 13.0. The Kier molecular flexibility index (Phi) is 7.59. The molecule has 0 saturated heterocycles. The lowest BCUT2D eigenvalue weighted by molar-refractivity contribution is -0.123. The Balaban J connectivity index is 1.62. The summed E-state index contributed by atoms with van der Waals surface area (Å²) >= 11 is 1.37. The van der Waals surface area contributed by atoms with E-state index in [4.69, 9.17) is 0 Å². The molecule has 29 heavy (non-hydrogen) atoms. The van der Waals surface area contributed by atoms with Crippen LogP contribution in [0.25, 0.3) is 0 Å². The SMILES string of the molecule is CC(CCc1ccccc1)NC(=O)[C@H](Cc1ccccc1)NC(=O)c1cccs1. The topological polar surface area (TPSA) is 58.2 Å². The maximum Gasteiger partial charge on any atom is 0.262 e. The van der Waals surface area contributed by atoms with Crippen LogP contribution in [-0.4, -0.2) is 23.9 Å². The second-order valence-electron chi connectivity index (χ2n) is 7.13. The molecule has 0 radical (unpaired) electrons. The van der Waals surface area contributed by atoms with Crippen molar-refractivity contribution < 1.29 is 9.59 Å². The van der Waals surface area contributed by atoms with Crippen LogP contribution in [0.3, 0.4) is 0 Å². The lowest BCUT2D eigenvalue weighted by atomic mass is 10.0. The molecule has 2 aromatic carbocycles. The van der Waals surface area contributed by atoms with Gasteiger partial charge in [-0.1, -0.05) is 66.7 Å². The molecule has 0 fully saturated rings. The third-order valence-electron chi connectivity index (χ3n) is 4.75. The molecule has 2 amide bonds. The summed E-state index contributed by atoms with van der Waals surface area (Å²) < 4.78 is 0. The molecule has 150 valence electrons. The zero-order valence-corrected chi connectivity index (χ0v) is 17.3. The molecule has 0 aliphatic rings. The number of hydrogen-bond donors (Lipinski definition) is 2. The number of thiophene rings is 1. The van der Waals surface area contributed by atoms with Gasteiger partial charge in [-0.25, -0.2) is 0 Å². The third kappa shape index (κ3) is 6.57. The van der Waals surface area contributed by atoms with E-state index in [-0.39, 0.29) is 17.9 Å². The maximum absolute atomic E-state index is 13.0. The first-order valence-electron chi connectivity index (χ1n) is 9.84. The number of benzene rings is 2. The Hall–Kier alpha value is -2.92. The molecular weight excluding hydrogens is 380 g/mol. The number of carbonyl (C=O) groups is 2. The Morgan fingerprint density at radius 1 is 0.862 bits per heavy atom. The molecule has 0 spiro atoms. The molecule has 0 bridgehead atoms. The molecule has 0 saturated carbocycles. The van der Waals surface area contributed by atoms with E-state index in [0.717, 1.165) is 18.4 Å². The van der Waals surface area contributed by atoms with Crippen LogP contribution < -0.4 is 10.6 Å². The summed E-state index contributed by atoms with van der Waals surface area (Å²) in [7, 11) is 0. The van der Waals surface area contributed by atoms with Gasteiger partial charge in [-0.2, -0.15) is 0 Å². The Morgan fingerprint density at radius 2 is 1.52 bits per heavy atom. The smallest absolute Gasteiger partial charge is 0.262 e. The third-order valence-corrected chi connectivity index (χ3v) is 5.62. The van der Waals surface area contributed by atoms with Gasteiger partial charge in [0, 0.05) is 12.5 Å². The molecule has 2 N–H and O–H groups in total. The van der Waals surface area contributed by atoms with Crippen LogP contribution in [0.2, 0.25) is 0 Å². The van der Waals surface area contributed by atoms with E-state index in [1.807, 2.05) is 66.9 Å². The van der Waals surface area contributed by atoms with Crippen molar-refractivity contribution in [2.24, 2.45) is 0 Å². The number of aryl methyl sites for hydroxylation is 1. The highest BCUT2D eigenvalue weighted by Crippen LogP contribution is 2.11. The molecular formula is C24H26N2O2S. The summed E-state index contributed by atoms with van der Waals surface area (Å²) in [4.78, 5) is 26.1. The molecule has 4 nitrogen and oxygen atoms in total. The van der Waals surface area contributed by atoms with Crippen molar-refractivity contribution in [1.82, 2.24) is 10.6 Å². The first kappa shape index (κ1) is 20.8. The Labute approximate surface area is 176 Å². The van der Waals surface area contributed by atoms with E-state index in [2.05, 4.69) is 22.8 Å². The lowest BCUT2D eigenvalue weighted by Crippen LogP contribution is -2.50. The van der Waals surface area contributed by atoms with E-state index >= 15 is 0 Å². The van der Waals surface area contributed by atoms with Crippen molar-refractivity contribution in [1.29, 1.82) is 0 Å². The highest BCUT2D eigenvalue weighted by atomic mass is 32.1. The van der Waals surface area contributed by atoms with E-state index in [9.17, 15) is 9.59 Å². The van der Waals surface area contributed by atoms with Gasteiger partial charge < -0.3 is 10.6 Å². The molecule has 1 unspecified atom stereocenters. The predicted molar refractivity (Wildman–Crippen MR) is 118 cm³/mol. The van der Waals surface area contributed by atoms with Gasteiger partial charge in [0.05, 0.1) is 4.88 Å². The van der Waals surface area contributed by atoms with Crippen molar-refractivity contribution in [3.05, 3.63) is 94.2 Å². The fourth-order valence-corrected chi connectivity index (χ4v) is 3.77. The molecule has 2 atom stereocenters. The van der Waals surface area contributed by atoms with Gasteiger partial charge >= 0.3 is 0 Å². The van der Waals surface area contributed by atoms with Gasteiger partial charge in [0.1, 0.15) is 6.04 Å². The average Bonchev–Trinajstić information content (AvgIpc) is 3.28. The summed E-state index contributed by atoms with van der Waals surface area (Å²) in [6.45, 7) is 2.00. The number of amides is 2. The highest BCUT2D eigenvalue weighted by Gasteiger charge is 2.23. The predicted octanol–water partition coefficient (Wildman–Crippen LogP) is 4.23. The zero-order chi connectivity index (χ0) is 20.5. The minimum atomic E-state index is -0.619. The number of hydrogen-bond acceptors (Lipinski definition) is 3. The number of nitrogens with one attached hydrogen (secondary N) is 2. The van der Waals surface area contributed by atoms with Crippen molar-refractivity contribution in [2.75, 3.05) is 0 Å². The van der Waals surface area contributed by atoms with E-state index in [0.29, 0.717) is 11.3 Å². The normalized spacial score (nSPS) is 12.7. The van der Waals surface area contributed by atoms with Gasteiger partial charge in [0.2, 0.25) is 5.91 Å². The van der Waals surface area contributed by atoms with Crippen molar-refractivity contribution in [2.45, 2.75) is 38.3 Å². The fourth-order valence-electron chi connectivity index (χ4n) is 3.14. The Bertz CT molecular complexity index is 895. The zero-order valence-electron chi connectivity index (χ0n) is 16.5. The van der Waals surface area contributed by atoms with Crippen LogP contribution in [0.5, 0.6) is 0 Å². The van der Waals surface area contributed by atoms with Crippen LogP contribution >= 0.6 is 11.3 Å². The summed E-state index contributed by atoms with van der Waals surface area (Å²) in [6.07, 6.45) is 2.19. The fraction of sp³-hybridized carbons (Fsp3) is 0.250. The molecule has 0 aliphatic carbocycles. The molecule has 1 heterocycles. The standard InChI is InChI=1S/C24H26N2O2S/c1-18(14-15-19-9-4-2-5-10-19)25-23(27)21(17-20-11-6-3-7-12-20)26-24(28)22-13-8-16-29-22/h2-13,16,18,21H,14-15,17H2,1H3,(H,25,27)(H,26,28)/t18?,21-/m0/s1. The van der Waals surface area contributed by atoms with Gasteiger partial charge in [-0.3, -0.25) is 9.59 Å². The molecule has 0 aliphatic heterocycles. The number of rotatable bonds is 9. The van der Waals surface area contributed by atoms with Crippen LogP contribution in [0.1, 0.15) is 34.1 Å². The average molecular weight is 407 g/mol. The van der Waals surface area contributed by atoms with Crippen molar-refractivity contribution in [3.8, 4) is 0 Å². The van der Waals surface area contributed by atoms with Gasteiger partial charge in [0.25, 0.3) is 5.91 Å². The largest absolute Gasteiger partial charge is 0.352 e. The Morgan fingerprint density at radius 3 is 2.14 bits per heavy atom. The second kappa shape index (κ2) is 10.6.